The molecule has 1 heterocycles. The van der Waals surface area contributed by atoms with Crippen molar-refractivity contribution in [2.24, 2.45) is 0 Å². The van der Waals surface area contributed by atoms with Crippen LogP contribution in [0.25, 0.3) is 0 Å². The molecule has 0 unspecified atom stereocenters. The first-order valence-corrected chi connectivity index (χ1v) is 6.43. The van der Waals surface area contributed by atoms with Crippen molar-refractivity contribution in [3.63, 3.8) is 0 Å². The first-order valence-electron chi connectivity index (χ1n) is 6.05. The maximum Gasteiger partial charge on any atom is 0.140 e. The fourth-order valence-corrected chi connectivity index (χ4v) is 1.99. The monoisotopic (exact) mass is 279 g/mol. The quantitative estimate of drug-likeness (QED) is 0.798. The van der Waals surface area contributed by atoms with Crippen molar-refractivity contribution in [1.29, 1.82) is 0 Å². The summed E-state index contributed by atoms with van der Waals surface area (Å²) in [5.74, 6) is 1.09. The second-order valence-electron chi connectivity index (χ2n) is 4.27. The first-order chi connectivity index (χ1) is 9.02. The molecule has 19 heavy (non-hydrogen) atoms. The summed E-state index contributed by atoms with van der Waals surface area (Å²) >= 11 is 6.11. The summed E-state index contributed by atoms with van der Waals surface area (Å²) in [6.07, 6.45) is 0.698. The van der Waals surface area contributed by atoms with Gasteiger partial charge in [-0.05, 0) is 25.1 Å². The van der Waals surface area contributed by atoms with E-state index in [-0.39, 0.29) is 5.82 Å². The maximum absolute atomic E-state index is 13.3. The highest BCUT2D eigenvalue weighted by molar-refractivity contribution is 6.30. The predicted octanol–water partition coefficient (Wildman–Crippen LogP) is 3.91. The van der Waals surface area contributed by atoms with Gasteiger partial charge in [-0.3, -0.25) is 0 Å². The average molecular weight is 280 g/mol. The number of rotatable bonds is 3. The van der Waals surface area contributed by atoms with Gasteiger partial charge < -0.3 is 4.90 Å². The SMILES string of the molecule is CCc1nc(Cl)c(C)c(N(C)c2cccc(F)c2)n1. The molecule has 0 aliphatic rings. The number of anilines is 2. The Morgan fingerprint density at radius 1 is 1.32 bits per heavy atom. The van der Waals surface area contributed by atoms with Gasteiger partial charge in [-0.15, -0.1) is 0 Å². The fraction of sp³-hybridized carbons (Fsp3) is 0.286. The third-order valence-corrected chi connectivity index (χ3v) is 3.30. The molecule has 0 saturated carbocycles. The summed E-state index contributed by atoms with van der Waals surface area (Å²) in [5, 5.41) is 0.435. The minimum Gasteiger partial charge on any atom is -0.329 e. The molecule has 0 saturated heterocycles. The number of hydrogen-bond donors (Lipinski definition) is 0. The molecule has 0 aliphatic heterocycles. The Hall–Kier alpha value is -1.68. The van der Waals surface area contributed by atoms with Crippen molar-refractivity contribution in [2.75, 3.05) is 11.9 Å². The van der Waals surface area contributed by atoms with E-state index in [2.05, 4.69) is 9.97 Å². The van der Waals surface area contributed by atoms with Gasteiger partial charge in [0.25, 0.3) is 0 Å². The molecule has 0 atom stereocenters. The molecule has 0 aliphatic carbocycles. The minimum absolute atomic E-state index is 0.280. The number of benzene rings is 1. The molecule has 2 aromatic rings. The van der Waals surface area contributed by atoms with Gasteiger partial charge in [0.15, 0.2) is 0 Å². The van der Waals surface area contributed by atoms with Gasteiger partial charge in [-0.2, -0.15) is 0 Å². The summed E-state index contributed by atoms with van der Waals surface area (Å²) in [5.41, 5.74) is 1.51. The van der Waals surface area contributed by atoms with Crippen LogP contribution in [-0.4, -0.2) is 17.0 Å². The van der Waals surface area contributed by atoms with E-state index in [0.29, 0.717) is 23.2 Å². The van der Waals surface area contributed by atoms with Crippen LogP contribution in [0.2, 0.25) is 5.15 Å². The molecular weight excluding hydrogens is 265 g/mol. The van der Waals surface area contributed by atoms with E-state index >= 15 is 0 Å². The van der Waals surface area contributed by atoms with Crippen LogP contribution in [0.5, 0.6) is 0 Å². The van der Waals surface area contributed by atoms with Gasteiger partial charge in [-0.1, -0.05) is 24.6 Å². The van der Waals surface area contributed by atoms with Gasteiger partial charge in [0, 0.05) is 24.7 Å². The number of aromatic nitrogens is 2. The van der Waals surface area contributed by atoms with E-state index in [9.17, 15) is 4.39 Å². The van der Waals surface area contributed by atoms with Crippen LogP contribution >= 0.6 is 11.6 Å². The lowest BCUT2D eigenvalue weighted by Gasteiger charge is -2.21. The molecule has 1 aromatic heterocycles. The van der Waals surface area contributed by atoms with Gasteiger partial charge in [-0.25, -0.2) is 14.4 Å². The van der Waals surface area contributed by atoms with Crippen molar-refractivity contribution < 1.29 is 4.39 Å². The smallest absolute Gasteiger partial charge is 0.140 e. The molecule has 0 bridgehead atoms. The third-order valence-electron chi connectivity index (χ3n) is 2.94. The Kier molecular flexibility index (Phi) is 4.00. The molecule has 3 nitrogen and oxygen atoms in total. The standard InChI is InChI=1S/C14H15ClFN3/c1-4-12-17-13(15)9(2)14(18-12)19(3)11-7-5-6-10(16)8-11/h5-8H,4H2,1-3H3. The van der Waals surface area contributed by atoms with E-state index in [0.717, 1.165) is 11.3 Å². The summed E-state index contributed by atoms with van der Waals surface area (Å²) in [6, 6.07) is 6.36. The van der Waals surface area contributed by atoms with E-state index in [1.807, 2.05) is 31.9 Å². The Morgan fingerprint density at radius 3 is 2.68 bits per heavy atom. The Bertz CT molecular complexity index is 601. The van der Waals surface area contributed by atoms with Crippen molar-refractivity contribution in [2.45, 2.75) is 20.3 Å². The van der Waals surface area contributed by atoms with Gasteiger partial charge in [0.05, 0.1) is 0 Å². The highest BCUT2D eigenvalue weighted by Gasteiger charge is 2.14. The zero-order chi connectivity index (χ0) is 14.0. The molecule has 2 rings (SSSR count). The number of halogens is 2. The van der Waals surface area contributed by atoms with Crippen LogP contribution in [0.15, 0.2) is 24.3 Å². The third kappa shape index (κ3) is 2.84. The first kappa shape index (κ1) is 13.7. The molecule has 0 N–H and O–H groups in total. The highest BCUT2D eigenvalue weighted by atomic mass is 35.5. The predicted molar refractivity (Wildman–Crippen MR) is 75.6 cm³/mol. The summed E-state index contributed by atoms with van der Waals surface area (Å²) in [6.45, 7) is 3.82. The molecule has 100 valence electrons. The van der Waals surface area contributed by atoms with Gasteiger partial charge in [0.1, 0.15) is 22.6 Å². The second kappa shape index (κ2) is 5.53. The Labute approximate surface area is 117 Å². The van der Waals surface area contributed by atoms with E-state index < -0.39 is 0 Å². The zero-order valence-corrected chi connectivity index (χ0v) is 11.9. The van der Waals surface area contributed by atoms with Crippen LogP contribution in [0.1, 0.15) is 18.3 Å². The van der Waals surface area contributed by atoms with E-state index in [4.69, 9.17) is 11.6 Å². The van der Waals surface area contributed by atoms with Crippen LogP contribution in [0.3, 0.4) is 0 Å². The molecule has 5 heteroatoms. The van der Waals surface area contributed by atoms with Crippen LogP contribution in [0, 0.1) is 12.7 Å². The van der Waals surface area contributed by atoms with Crippen molar-refractivity contribution in [1.82, 2.24) is 9.97 Å². The van der Waals surface area contributed by atoms with E-state index in [1.54, 1.807) is 6.07 Å². The highest BCUT2D eigenvalue weighted by Crippen LogP contribution is 2.28. The van der Waals surface area contributed by atoms with Crippen LogP contribution < -0.4 is 4.90 Å². The second-order valence-corrected chi connectivity index (χ2v) is 4.63. The molecule has 0 spiro atoms. The summed E-state index contributed by atoms with van der Waals surface area (Å²) in [7, 11) is 1.83. The lowest BCUT2D eigenvalue weighted by atomic mass is 10.2. The normalized spacial score (nSPS) is 10.6. The number of nitrogens with zero attached hydrogens (tertiary/aromatic N) is 3. The summed E-state index contributed by atoms with van der Waals surface area (Å²) in [4.78, 5) is 10.5. The fourth-order valence-electron chi connectivity index (χ4n) is 1.81. The minimum atomic E-state index is -0.280. The number of hydrogen-bond acceptors (Lipinski definition) is 3. The Balaban J connectivity index is 2.49. The average Bonchev–Trinajstić information content (AvgIpc) is 2.41. The zero-order valence-electron chi connectivity index (χ0n) is 11.1. The molecule has 0 amide bonds. The molecule has 1 aromatic carbocycles. The van der Waals surface area contributed by atoms with E-state index in [1.165, 1.54) is 12.1 Å². The molecular formula is C14H15ClFN3. The van der Waals surface area contributed by atoms with Crippen molar-refractivity contribution in [3.8, 4) is 0 Å². The van der Waals surface area contributed by atoms with Gasteiger partial charge in [0.2, 0.25) is 0 Å². The summed E-state index contributed by atoms with van der Waals surface area (Å²) < 4.78 is 13.3. The largest absolute Gasteiger partial charge is 0.329 e. The van der Waals surface area contributed by atoms with Crippen LogP contribution in [-0.2, 0) is 6.42 Å². The topological polar surface area (TPSA) is 29.0 Å². The lowest BCUT2D eigenvalue weighted by molar-refractivity contribution is 0.628. The van der Waals surface area contributed by atoms with Crippen molar-refractivity contribution in [3.05, 3.63) is 46.6 Å². The molecule has 0 radical (unpaired) electrons. The Morgan fingerprint density at radius 2 is 2.05 bits per heavy atom. The maximum atomic E-state index is 13.3. The number of aryl methyl sites for hydroxylation is 1. The van der Waals surface area contributed by atoms with Gasteiger partial charge >= 0.3 is 0 Å². The van der Waals surface area contributed by atoms with Crippen molar-refractivity contribution >= 4 is 23.1 Å². The lowest BCUT2D eigenvalue weighted by Crippen LogP contribution is -2.15. The molecule has 0 fully saturated rings. The van der Waals surface area contributed by atoms with Crippen LogP contribution in [0.4, 0.5) is 15.9 Å².